The van der Waals surface area contributed by atoms with Gasteiger partial charge < -0.3 is 5.32 Å². The van der Waals surface area contributed by atoms with Crippen molar-refractivity contribution in [3.63, 3.8) is 0 Å². The fraction of sp³-hybridized carbons (Fsp3) is 0.444. The highest BCUT2D eigenvalue weighted by Crippen LogP contribution is 2.22. The van der Waals surface area contributed by atoms with E-state index in [0.717, 1.165) is 12.8 Å². The third-order valence-corrected chi connectivity index (χ3v) is 4.44. The minimum absolute atomic E-state index is 0.0150. The first-order valence-electron chi connectivity index (χ1n) is 7.92. The minimum Gasteiger partial charge on any atom is -0.302 e. The number of rotatable bonds is 7. The number of unbranched alkanes of at least 4 members (excludes halogenated alkanes) is 1. The summed E-state index contributed by atoms with van der Waals surface area (Å²) in [6, 6.07) is 8.81. The van der Waals surface area contributed by atoms with Crippen LogP contribution in [0, 0.1) is 5.92 Å². The molecule has 0 unspecified atom stereocenters. The molecule has 0 aliphatic carbocycles. The molecule has 2 rings (SSSR count). The molecule has 1 heterocycles. The maximum absolute atomic E-state index is 11.7. The molecular formula is C18H24N2OS. The Labute approximate surface area is 136 Å². The fourth-order valence-corrected chi connectivity index (χ4v) is 2.95. The molecule has 1 aromatic carbocycles. The van der Waals surface area contributed by atoms with Gasteiger partial charge in [-0.25, -0.2) is 4.98 Å². The van der Waals surface area contributed by atoms with Gasteiger partial charge in [-0.15, -0.1) is 11.3 Å². The summed E-state index contributed by atoms with van der Waals surface area (Å²) in [5, 5.41) is 3.54. The number of aromatic nitrogens is 1. The lowest BCUT2D eigenvalue weighted by molar-refractivity contribution is -0.118. The number of hydrogen-bond donors (Lipinski definition) is 1. The zero-order chi connectivity index (χ0) is 15.9. The van der Waals surface area contributed by atoms with Crippen molar-refractivity contribution < 1.29 is 4.79 Å². The van der Waals surface area contributed by atoms with Gasteiger partial charge in [-0.2, -0.15) is 0 Å². The molecule has 2 aromatic rings. The summed E-state index contributed by atoms with van der Waals surface area (Å²) >= 11 is 1.55. The molecule has 0 aliphatic heterocycles. The van der Waals surface area contributed by atoms with Gasteiger partial charge >= 0.3 is 0 Å². The first-order chi connectivity index (χ1) is 10.6. The highest BCUT2D eigenvalue weighted by atomic mass is 32.1. The maximum Gasteiger partial charge on any atom is 0.228 e. The van der Waals surface area contributed by atoms with E-state index in [9.17, 15) is 4.79 Å². The van der Waals surface area contributed by atoms with Crippen LogP contribution in [-0.4, -0.2) is 10.9 Å². The molecule has 0 spiro atoms. The summed E-state index contributed by atoms with van der Waals surface area (Å²) in [6.07, 6.45) is 6.35. The van der Waals surface area contributed by atoms with Crippen LogP contribution in [0.2, 0.25) is 0 Å². The van der Waals surface area contributed by atoms with E-state index in [1.807, 2.05) is 20.0 Å². The van der Waals surface area contributed by atoms with E-state index in [2.05, 4.69) is 41.5 Å². The highest BCUT2D eigenvalue weighted by molar-refractivity contribution is 7.15. The summed E-state index contributed by atoms with van der Waals surface area (Å²) < 4.78 is 0. The largest absolute Gasteiger partial charge is 0.302 e. The van der Waals surface area contributed by atoms with Crippen LogP contribution in [0.5, 0.6) is 0 Å². The predicted molar refractivity (Wildman–Crippen MR) is 93.4 cm³/mol. The normalized spacial score (nSPS) is 10.9. The molecule has 1 aromatic heterocycles. The van der Waals surface area contributed by atoms with E-state index in [1.54, 1.807) is 11.3 Å². The van der Waals surface area contributed by atoms with Crippen molar-refractivity contribution >= 4 is 22.4 Å². The van der Waals surface area contributed by atoms with Crippen molar-refractivity contribution in [2.75, 3.05) is 5.32 Å². The van der Waals surface area contributed by atoms with Gasteiger partial charge in [-0.05, 0) is 24.0 Å². The average Bonchev–Trinajstić information content (AvgIpc) is 2.93. The van der Waals surface area contributed by atoms with Gasteiger partial charge in [-0.3, -0.25) is 4.79 Å². The molecule has 1 N–H and O–H groups in total. The van der Waals surface area contributed by atoms with Crippen LogP contribution in [-0.2, 0) is 17.6 Å². The molecule has 0 fully saturated rings. The number of carbonyl (C=O) groups is 1. The van der Waals surface area contributed by atoms with Gasteiger partial charge in [-0.1, -0.05) is 51.5 Å². The minimum atomic E-state index is -0.0250. The zero-order valence-electron chi connectivity index (χ0n) is 13.6. The van der Waals surface area contributed by atoms with Crippen LogP contribution in [0.3, 0.4) is 0 Å². The van der Waals surface area contributed by atoms with Crippen LogP contribution in [0.4, 0.5) is 5.13 Å². The molecule has 22 heavy (non-hydrogen) atoms. The second kappa shape index (κ2) is 8.08. The number of aryl methyl sites for hydroxylation is 1. The Hall–Kier alpha value is -1.68. The zero-order valence-corrected chi connectivity index (χ0v) is 14.4. The predicted octanol–water partition coefficient (Wildman–Crippen LogP) is 4.67. The number of benzene rings is 1. The smallest absolute Gasteiger partial charge is 0.228 e. The van der Waals surface area contributed by atoms with Gasteiger partial charge in [0.15, 0.2) is 5.13 Å². The number of nitrogens with one attached hydrogen (secondary N) is 1. The van der Waals surface area contributed by atoms with Crippen molar-refractivity contribution in [2.45, 2.75) is 46.5 Å². The Bertz CT molecular complexity index is 602. The fourth-order valence-electron chi connectivity index (χ4n) is 2.10. The molecule has 0 atom stereocenters. The van der Waals surface area contributed by atoms with Crippen LogP contribution < -0.4 is 5.32 Å². The van der Waals surface area contributed by atoms with E-state index >= 15 is 0 Å². The van der Waals surface area contributed by atoms with E-state index in [0.29, 0.717) is 5.13 Å². The van der Waals surface area contributed by atoms with Gasteiger partial charge in [0, 0.05) is 23.4 Å². The average molecular weight is 316 g/mol. The first-order valence-corrected chi connectivity index (χ1v) is 8.73. The van der Waals surface area contributed by atoms with Crippen molar-refractivity contribution in [1.82, 2.24) is 4.98 Å². The Morgan fingerprint density at radius 1 is 1.23 bits per heavy atom. The summed E-state index contributed by atoms with van der Waals surface area (Å²) in [7, 11) is 0. The Balaban J connectivity index is 1.93. The summed E-state index contributed by atoms with van der Waals surface area (Å²) in [5.41, 5.74) is 2.69. The van der Waals surface area contributed by atoms with Crippen molar-refractivity contribution in [1.29, 1.82) is 0 Å². The molecule has 0 saturated carbocycles. The van der Waals surface area contributed by atoms with Gasteiger partial charge in [0.25, 0.3) is 0 Å². The summed E-state index contributed by atoms with van der Waals surface area (Å²) in [4.78, 5) is 17.1. The topological polar surface area (TPSA) is 42.0 Å². The lowest BCUT2D eigenvalue weighted by Gasteiger charge is -2.03. The number of amides is 1. The third-order valence-electron chi connectivity index (χ3n) is 3.53. The molecule has 0 bridgehead atoms. The number of hydrogen-bond acceptors (Lipinski definition) is 3. The van der Waals surface area contributed by atoms with Crippen LogP contribution >= 0.6 is 11.3 Å². The standard InChI is InChI=1S/C18H24N2OS/c1-4-5-6-14-7-9-15(10-8-14)11-16-12-19-18(22-16)20-17(21)13(2)3/h7-10,12-13H,4-6,11H2,1-3H3,(H,19,20,21). The molecule has 118 valence electrons. The quantitative estimate of drug-likeness (QED) is 0.806. The number of carbonyl (C=O) groups excluding carboxylic acids is 1. The molecule has 0 radical (unpaired) electrons. The van der Waals surface area contributed by atoms with Gasteiger partial charge in [0.1, 0.15) is 0 Å². The third kappa shape index (κ3) is 4.95. The van der Waals surface area contributed by atoms with E-state index in [1.165, 1.54) is 28.8 Å². The summed E-state index contributed by atoms with van der Waals surface area (Å²) in [6.45, 7) is 5.97. The molecule has 4 heteroatoms. The number of thiazole rings is 1. The van der Waals surface area contributed by atoms with Gasteiger partial charge in [0.05, 0.1) is 0 Å². The maximum atomic E-state index is 11.7. The molecule has 1 amide bonds. The van der Waals surface area contributed by atoms with Gasteiger partial charge in [0.2, 0.25) is 5.91 Å². The molecule has 3 nitrogen and oxygen atoms in total. The van der Waals surface area contributed by atoms with E-state index < -0.39 is 0 Å². The SMILES string of the molecule is CCCCc1ccc(Cc2cnc(NC(=O)C(C)C)s2)cc1. The second-order valence-corrected chi connectivity index (χ2v) is 6.99. The first kappa shape index (κ1) is 16.7. The van der Waals surface area contributed by atoms with Crippen LogP contribution in [0.1, 0.15) is 49.6 Å². The molecule has 0 saturated heterocycles. The Kier molecular flexibility index (Phi) is 6.13. The molecule has 0 aliphatic rings. The molecular weight excluding hydrogens is 292 g/mol. The van der Waals surface area contributed by atoms with Crippen molar-refractivity contribution in [2.24, 2.45) is 5.92 Å². The van der Waals surface area contributed by atoms with E-state index in [4.69, 9.17) is 0 Å². The highest BCUT2D eigenvalue weighted by Gasteiger charge is 2.10. The Morgan fingerprint density at radius 3 is 2.55 bits per heavy atom. The number of nitrogens with zero attached hydrogens (tertiary/aromatic N) is 1. The second-order valence-electron chi connectivity index (χ2n) is 5.87. The lowest BCUT2D eigenvalue weighted by Crippen LogP contribution is -2.17. The Morgan fingerprint density at radius 2 is 1.91 bits per heavy atom. The number of anilines is 1. The van der Waals surface area contributed by atoms with E-state index in [-0.39, 0.29) is 11.8 Å². The van der Waals surface area contributed by atoms with Crippen molar-refractivity contribution in [3.05, 3.63) is 46.5 Å². The van der Waals surface area contributed by atoms with Crippen molar-refractivity contribution in [3.8, 4) is 0 Å². The lowest BCUT2D eigenvalue weighted by atomic mass is 10.0. The van der Waals surface area contributed by atoms with Crippen LogP contribution in [0.25, 0.3) is 0 Å². The monoisotopic (exact) mass is 316 g/mol. The van der Waals surface area contributed by atoms with Crippen LogP contribution in [0.15, 0.2) is 30.5 Å². The summed E-state index contributed by atoms with van der Waals surface area (Å²) in [5.74, 6) is -0.0100.